The van der Waals surface area contributed by atoms with Crippen molar-refractivity contribution < 1.29 is 33.5 Å². The predicted octanol–water partition coefficient (Wildman–Crippen LogP) is 1.86. The van der Waals surface area contributed by atoms with Crippen LogP contribution in [0.3, 0.4) is 0 Å². The topological polar surface area (TPSA) is 75.6 Å². The molecule has 0 saturated heterocycles. The van der Waals surface area contributed by atoms with E-state index < -0.39 is 6.29 Å². The second-order valence-electron chi connectivity index (χ2n) is 5.48. The fourth-order valence-electron chi connectivity index (χ4n) is 2.08. The van der Waals surface area contributed by atoms with E-state index in [1.165, 1.54) is 0 Å². The van der Waals surface area contributed by atoms with Gasteiger partial charge in [-0.2, -0.15) is 0 Å². The van der Waals surface area contributed by atoms with Crippen molar-refractivity contribution in [3.05, 3.63) is 0 Å². The van der Waals surface area contributed by atoms with Crippen LogP contribution in [-0.2, 0) is 28.4 Å². The summed E-state index contributed by atoms with van der Waals surface area (Å²) >= 11 is 0. The van der Waals surface area contributed by atoms with Crippen LogP contribution in [0.2, 0.25) is 0 Å². The lowest BCUT2D eigenvalue weighted by molar-refractivity contribution is -0.145. The number of ether oxygens (including phenoxy) is 6. The quantitative estimate of drug-likeness (QED) is 0.260. The summed E-state index contributed by atoms with van der Waals surface area (Å²) < 4.78 is 32.0. The molecule has 1 N–H and O–H groups in total. The number of aliphatic hydroxyl groups excluding tert-OH is 1. The minimum atomic E-state index is -0.699. The molecule has 7 heteroatoms. The molecule has 0 aliphatic heterocycles. The van der Waals surface area contributed by atoms with E-state index in [0.717, 1.165) is 12.8 Å². The van der Waals surface area contributed by atoms with Crippen LogP contribution in [0.5, 0.6) is 0 Å². The van der Waals surface area contributed by atoms with Gasteiger partial charge in [0.1, 0.15) is 0 Å². The second kappa shape index (κ2) is 20.0. The average molecular weight is 366 g/mol. The summed E-state index contributed by atoms with van der Waals surface area (Å²) in [7, 11) is 0. The second-order valence-corrected chi connectivity index (χ2v) is 5.48. The lowest BCUT2D eigenvalue weighted by Gasteiger charge is -2.20. The zero-order valence-corrected chi connectivity index (χ0v) is 16.2. The molecule has 0 aromatic rings. The molecule has 0 aromatic heterocycles. The molecule has 7 nitrogen and oxygen atoms in total. The minimum Gasteiger partial charge on any atom is -0.379 e. The highest BCUT2D eigenvalue weighted by Crippen LogP contribution is 2.13. The molecule has 0 bridgehead atoms. The Morgan fingerprint density at radius 3 is 1.28 bits per heavy atom. The fraction of sp³-hybridized carbons (Fsp3) is 1.00. The van der Waals surface area contributed by atoms with Crippen molar-refractivity contribution in [3.63, 3.8) is 0 Å². The third kappa shape index (κ3) is 16.9. The van der Waals surface area contributed by atoms with Gasteiger partial charge >= 0.3 is 0 Å². The minimum absolute atomic E-state index is 0.193. The van der Waals surface area contributed by atoms with E-state index in [4.69, 9.17) is 28.4 Å². The normalized spacial score (nSPS) is 12.8. The van der Waals surface area contributed by atoms with E-state index in [-0.39, 0.29) is 5.92 Å². The molecule has 0 aliphatic carbocycles. The molecule has 0 spiro atoms. The van der Waals surface area contributed by atoms with Gasteiger partial charge in [-0.15, -0.1) is 0 Å². The highest BCUT2D eigenvalue weighted by atomic mass is 16.6. The van der Waals surface area contributed by atoms with Crippen LogP contribution in [0.4, 0.5) is 0 Å². The maximum absolute atomic E-state index is 9.79. The molecule has 0 saturated carbocycles. The first-order valence-corrected chi connectivity index (χ1v) is 9.44. The van der Waals surface area contributed by atoms with E-state index in [1.807, 2.05) is 20.8 Å². The number of hydrogen-bond donors (Lipinski definition) is 1. The number of hydrogen-bond acceptors (Lipinski definition) is 7. The van der Waals surface area contributed by atoms with Crippen molar-refractivity contribution in [3.8, 4) is 0 Å². The Balaban J connectivity index is 3.14. The van der Waals surface area contributed by atoms with Crippen LogP contribution in [0.25, 0.3) is 0 Å². The molecule has 25 heavy (non-hydrogen) atoms. The predicted molar refractivity (Wildman–Crippen MR) is 95.8 cm³/mol. The molecule has 1 atom stereocenters. The van der Waals surface area contributed by atoms with Gasteiger partial charge in [-0.3, -0.25) is 0 Å². The van der Waals surface area contributed by atoms with Crippen LogP contribution in [0.1, 0.15) is 33.6 Å². The summed E-state index contributed by atoms with van der Waals surface area (Å²) in [5.41, 5.74) is 0. The Morgan fingerprint density at radius 1 is 0.560 bits per heavy atom. The van der Waals surface area contributed by atoms with Crippen LogP contribution in [0, 0.1) is 5.92 Å². The number of aliphatic hydroxyl groups is 1. The maximum Gasteiger partial charge on any atom is 0.157 e. The van der Waals surface area contributed by atoms with Crippen molar-refractivity contribution >= 4 is 0 Å². The van der Waals surface area contributed by atoms with E-state index in [9.17, 15) is 5.11 Å². The van der Waals surface area contributed by atoms with Gasteiger partial charge in [-0.1, -0.05) is 13.8 Å². The molecular formula is C18H38O7. The third-order valence-corrected chi connectivity index (χ3v) is 3.66. The molecule has 0 rings (SSSR count). The van der Waals surface area contributed by atoms with Gasteiger partial charge in [0.15, 0.2) is 6.29 Å². The smallest absolute Gasteiger partial charge is 0.157 e. The first kappa shape index (κ1) is 24.7. The maximum atomic E-state index is 9.79. The van der Waals surface area contributed by atoms with Gasteiger partial charge in [-0.05, 0) is 19.8 Å². The molecule has 0 aliphatic rings. The zero-order chi connectivity index (χ0) is 18.6. The summed E-state index contributed by atoms with van der Waals surface area (Å²) in [5.74, 6) is 0.193. The van der Waals surface area contributed by atoms with Crippen molar-refractivity contribution in [2.75, 3.05) is 72.7 Å². The fourth-order valence-corrected chi connectivity index (χ4v) is 2.08. The van der Waals surface area contributed by atoms with Gasteiger partial charge in [0.2, 0.25) is 0 Å². The molecule has 1 unspecified atom stereocenters. The van der Waals surface area contributed by atoms with Crippen LogP contribution < -0.4 is 0 Å². The van der Waals surface area contributed by atoms with Gasteiger partial charge in [-0.25, -0.2) is 0 Å². The van der Waals surface area contributed by atoms with E-state index in [2.05, 4.69) is 0 Å². The van der Waals surface area contributed by atoms with Crippen LogP contribution in [0.15, 0.2) is 0 Å². The van der Waals surface area contributed by atoms with Gasteiger partial charge in [0.25, 0.3) is 0 Å². The Hall–Kier alpha value is -0.280. The van der Waals surface area contributed by atoms with E-state index >= 15 is 0 Å². The molecule has 0 amide bonds. The van der Waals surface area contributed by atoms with Crippen LogP contribution >= 0.6 is 0 Å². The van der Waals surface area contributed by atoms with Gasteiger partial charge < -0.3 is 33.5 Å². The molecule has 0 heterocycles. The molecule has 152 valence electrons. The molecule has 0 radical (unpaired) electrons. The number of rotatable bonds is 20. The summed E-state index contributed by atoms with van der Waals surface area (Å²) in [5, 5.41) is 9.79. The van der Waals surface area contributed by atoms with Crippen molar-refractivity contribution in [2.45, 2.75) is 39.9 Å². The average Bonchev–Trinajstić information content (AvgIpc) is 2.62. The third-order valence-electron chi connectivity index (χ3n) is 3.66. The van der Waals surface area contributed by atoms with Crippen molar-refractivity contribution in [1.29, 1.82) is 0 Å². The summed E-state index contributed by atoms with van der Waals surface area (Å²) in [6, 6.07) is 0. The first-order valence-electron chi connectivity index (χ1n) is 9.44. The highest BCUT2D eigenvalue weighted by molar-refractivity contribution is 4.57. The lowest BCUT2D eigenvalue weighted by Crippen LogP contribution is -2.24. The highest BCUT2D eigenvalue weighted by Gasteiger charge is 2.15. The molecule has 0 fully saturated rings. The Kier molecular flexibility index (Phi) is 19.8. The standard InChI is InChI=1S/C18H38O7/c1-4-17(5-2)18(19)25-16-15-24-14-13-23-12-11-22-10-9-21-8-7-20-6-3/h17-19H,4-16H2,1-3H3. The summed E-state index contributed by atoms with van der Waals surface area (Å²) in [6.07, 6.45) is 1.12. The van der Waals surface area contributed by atoms with Crippen molar-refractivity contribution in [2.24, 2.45) is 5.92 Å². The Morgan fingerprint density at radius 2 is 0.920 bits per heavy atom. The SMILES string of the molecule is CCOCCOCCOCCOCCOCCOC(O)C(CC)CC. The largest absolute Gasteiger partial charge is 0.379 e. The van der Waals surface area contributed by atoms with Gasteiger partial charge in [0.05, 0.1) is 66.1 Å². The van der Waals surface area contributed by atoms with E-state index in [1.54, 1.807) is 0 Å². The summed E-state index contributed by atoms with van der Waals surface area (Å²) in [4.78, 5) is 0. The Labute approximate surface area is 152 Å². The molecule has 0 aromatic carbocycles. The lowest BCUT2D eigenvalue weighted by atomic mass is 10.0. The first-order chi connectivity index (χ1) is 12.3. The van der Waals surface area contributed by atoms with E-state index in [0.29, 0.717) is 72.7 Å². The summed E-state index contributed by atoms with van der Waals surface area (Å²) in [6.45, 7) is 12.1. The molecular weight excluding hydrogens is 328 g/mol. The monoisotopic (exact) mass is 366 g/mol. The zero-order valence-electron chi connectivity index (χ0n) is 16.2. The Bertz CT molecular complexity index is 250. The van der Waals surface area contributed by atoms with Crippen molar-refractivity contribution in [1.82, 2.24) is 0 Å². The van der Waals surface area contributed by atoms with Crippen LogP contribution in [-0.4, -0.2) is 84.1 Å². The van der Waals surface area contributed by atoms with Gasteiger partial charge in [0, 0.05) is 12.5 Å².